The minimum atomic E-state index is -0.351. The predicted molar refractivity (Wildman–Crippen MR) is 77.8 cm³/mol. The van der Waals surface area contributed by atoms with E-state index < -0.39 is 0 Å². The highest BCUT2D eigenvalue weighted by molar-refractivity contribution is 5.99. The van der Waals surface area contributed by atoms with E-state index in [-0.39, 0.29) is 11.8 Å². The summed E-state index contributed by atoms with van der Waals surface area (Å²) in [6, 6.07) is 14.5. The van der Waals surface area contributed by atoms with Crippen molar-refractivity contribution in [2.45, 2.75) is 13.8 Å². The number of carbonyl (C=O) groups is 2. The van der Waals surface area contributed by atoms with Gasteiger partial charge < -0.3 is 4.74 Å². The summed E-state index contributed by atoms with van der Waals surface area (Å²) in [5.74, 6) is -0.350. The summed E-state index contributed by atoms with van der Waals surface area (Å²) in [6.07, 6.45) is 0. The summed E-state index contributed by atoms with van der Waals surface area (Å²) in [5.41, 5.74) is 2.74. The molecular formula is C17H16O3. The van der Waals surface area contributed by atoms with Crippen molar-refractivity contribution in [1.82, 2.24) is 0 Å². The lowest BCUT2D eigenvalue weighted by molar-refractivity contribution is 0.0527. The van der Waals surface area contributed by atoms with Crippen LogP contribution in [-0.4, -0.2) is 18.4 Å². The molecule has 0 aliphatic heterocycles. The van der Waals surface area contributed by atoms with Gasteiger partial charge in [-0.15, -0.1) is 0 Å². The van der Waals surface area contributed by atoms with Crippen LogP contribution < -0.4 is 0 Å². The number of rotatable bonds is 4. The third kappa shape index (κ3) is 2.94. The quantitative estimate of drug-likeness (QED) is 0.626. The van der Waals surface area contributed by atoms with E-state index >= 15 is 0 Å². The normalized spacial score (nSPS) is 10.1. The highest BCUT2D eigenvalue weighted by Crippen LogP contribution is 2.25. The van der Waals surface area contributed by atoms with E-state index in [0.29, 0.717) is 17.7 Å². The highest BCUT2D eigenvalue weighted by Gasteiger charge is 2.13. The van der Waals surface area contributed by atoms with Crippen LogP contribution >= 0.6 is 0 Å². The van der Waals surface area contributed by atoms with E-state index in [9.17, 15) is 9.59 Å². The molecule has 0 amide bonds. The molecule has 0 aromatic heterocycles. The lowest BCUT2D eigenvalue weighted by Gasteiger charge is -2.09. The molecule has 0 aliphatic rings. The summed E-state index contributed by atoms with van der Waals surface area (Å²) >= 11 is 0. The molecule has 0 radical (unpaired) electrons. The molecule has 0 N–H and O–H groups in total. The summed E-state index contributed by atoms with van der Waals surface area (Å²) in [5, 5.41) is 0. The van der Waals surface area contributed by atoms with E-state index in [0.717, 1.165) is 11.1 Å². The van der Waals surface area contributed by atoms with Crippen LogP contribution in [0.5, 0.6) is 0 Å². The van der Waals surface area contributed by atoms with Gasteiger partial charge in [-0.3, -0.25) is 4.79 Å². The SMILES string of the molecule is CCOC(=O)c1ccccc1-c1cccc(C(C)=O)c1. The maximum absolute atomic E-state index is 12.0. The van der Waals surface area contributed by atoms with E-state index in [1.807, 2.05) is 24.3 Å². The van der Waals surface area contributed by atoms with Gasteiger partial charge >= 0.3 is 5.97 Å². The molecule has 0 saturated carbocycles. The van der Waals surface area contributed by atoms with Gasteiger partial charge in [0.1, 0.15) is 0 Å². The Labute approximate surface area is 118 Å². The molecule has 2 aromatic carbocycles. The number of hydrogen-bond acceptors (Lipinski definition) is 3. The fourth-order valence-electron chi connectivity index (χ4n) is 2.03. The summed E-state index contributed by atoms with van der Waals surface area (Å²) < 4.78 is 5.06. The van der Waals surface area contributed by atoms with Gasteiger partial charge in [0.25, 0.3) is 0 Å². The van der Waals surface area contributed by atoms with Crippen molar-refractivity contribution in [2.75, 3.05) is 6.61 Å². The monoisotopic (exact) mass is 268 g/mol. The first-order valence-electron chi connectivity index (χ1n) is 6.51. The minimum Gasteiger partial charge on any atom is -0.462 e. The van der Waals surface area contributed by atoms with Crippen LogP contribution in [0.1, 0.15) is 34.6 Å². The van der Waals surface area contributed by atoms with Crippen molar-refractivity contribution in [3.05, 3.63) is 59.7 Å². The van der Waals surface area contributed by atoms with Gasteiger partial charge in [-0.2, -0.15) is 0 Å². The number of esters is 1. The number of ketones is 1. The summed E-state index contributed by atoms with van der Waals surface area (Å²) in [4.78, 5) is 23.4. The van der Waals surface area contributed by atoms with Crippen LogP contribution in [0.3, 0.4) is 0 Å². The van der Waals surface area contributed by atoms with Gasteiger partial charge in [-0.25, -0.2) is 4.79 Å². The van der Waals surface area contributed by atoms with Crippen molar-refractivity contribution >= 4 is 11.8 Å². The largest absolute Gasteiger partial charge is 0.462 e. The molecular weight excluding hydrogens is 252 g/mol. The molecule has 102 valence electrons. The summed E-state index contributed by atoms with van der Waals surface area (Å²) in [6.45, 7) is 3.63. The van der Waals surface area contributed by atoms with Gasteiger partial charge in [0.15, 0.2) is 5.78 Å². The van der Waals surface area contributed by atoms with Crippen LogP contribution in [0.25, 0.3) is 11.1 Å². The Morgan fingerprint density at radius 3 is 2.50 bits per heavy atom. The molecule has 0 saturated heterocycles. The Morgan fingerprint density at radius 2 is 1.80 bits per heavy atom. The van der Waals surface area contributed by atoms with Crippen LogP contribution in [0.4, 0.5) is 0 Å². The fourth-order valence-corrected chi connectivity index (χ4v) is 2.03. The van der Waals surface area contributed by atoms with Gasteiger partial charge in [-0.1, -0.05) is 36.4 Å². The fraction of sp³-hybridized carbons (Fsp3) is 0.176. The van der Waals surface area contributed by atoms with Crippen molar-refractivity contribution in [1.29, 1.82) is 0 Å². The smallest absolute Gasteiger partial charge is 0.338 e. The number of ether oxygens (including phenoxy) is 1. The average Bonchev–Trinajstić information content (AvgIpc) is 2.47. The molecule has 0 aliphatic carbocycles. The van der Waals surface area contributed by atoms with Gasteiger partial charge in [-0.05, 0) is 37.1 Å². The lowest BCUT2D eigenvalue weighted by Crippen LogP contribution is -2.06. The molecule has 0 heterocycles. The molecule has 3 nitrogen and oxygen atoms in total. The van der Waals surface area contributed by atoms with E-state index in [4.69, 9.17) is 4.74 Å². The van der Waals surface area contributed by atoms with Crippen LogP contribution in [0.2, 0.25) is 0 Å². The first-order valence-corrected chi connectivity index (χ1v) is 6.51. The van der Waals surface area contributed by atoms with E-state index in [2.05, 4.69) is 0 Å². The number of carbonyl (C=O) groups excluding carboxylic acids is 2. The van der Waals surface area contributed by atoms with E-state index in [1.54, 1.807) is 31.2 Å². The Kier molecular flexibility index (Phi) is 4.31. The second-order valence-electron chi connectivity index (χ2n) is 4.40. The topological polar surface area (TPSA) is 43.4 Å². The van der Waals surface area contributed by atoms with Crippen LogP contribution in [0, 0.1) is 0 Å². The zero-order valence-corrected chi connectivity index (χ0v) is 11.6. The minimum absolute atomic E-state index is 0.000431. The standard InChI is InChI=1S/C17H16O3/c1-3-20-17(19)16-10-5-4-9-15(16)14-8-6-7-13(11-14)12(2)18/h4-11H,3H2,1-2H3. The predicted octanol–water partition coefficient (Wildman–Crippen LogP) is 3.73. The molecule has 0 fully saturated rings. The van der Waals surface area contributed by atoms with Crippen molar-refractivity contribution in [3.8, 4) is 11.1 Å². The number of Topliss-reactive ketones (excluding diaryl/α,β-unsaturated/α-hetero) is 1. The van der Waals surface area contributed by atoms with Crippen LogP contribution in [0.15, 0.2) is 48.5 Å². The Balaban J connectivity index is 2.50. The molecule has 3 heteroatoms. The number of hydrogen-bond donors (Lipinski definition) is 0. The van der Waals surface area contributed by atoms with Crippen LogP contribution in [-0.2, 0) is 4.74 Å². The van der Waals surface area contributed by atoms with Crippen molar-refractivity contribution < 1.29 is 14.3 Å². The van der Waals surface area contributed by atoms with Gasteiger partial charge in [0, 0.05) is 5.56 Å². The zero-order chi connectivity index (χ0) is 14.5. The second-order valence-corrected chi connectivity index (χ2v) is 4.40. The van der Waals surface area contributed by atoms with E-state index in [1.165, 1.54) is 6.92 Å². The molecule has 2 rings (SSSR count). The Morgan fingerprint density at radius 1 is 1.05 bits per heavy atom. The molecule has 0 bridgehead atoms. The van der Waals surface area contributed by atoms with Crippen molar-refractivity contribution in [3.63, 3.8) is 0 Å². The third-order valence-corrected chi connectivity index (χ3v) is 3.00. The number of benzene rings is 2. The van der Waals surface area contributed by atoms with Gasteiger partial charge in [0.05, 0.1) is 12.2 Å². The Hall–Kier alpha value is -2.42. The molecule has 0 atom stereocenters. The average molecular weight is 268 g/mol. The molecule has 2 aromatic rings. The van der Waals surface area contributed by atoms with Gasteiger partial charge in [0.2, 0.25) is 0 Å². The lowest BCUT2D eigenvalue weighted by atomic mass is 9.97. The first-order chi connectivity index (χ1) is 9.63. The Bertz CT molecular complexity index is 644. The highest BCUT2D eigenvalue weighted by atomic mass is 16.5. The third-order valence-electron chi connectivity index (χ3n) is 3.00. The maximum Gasteiger partial charge on any atom is 0.338 e. The maximum atomic E-state index is 12.0. The zero-order valence-electron chi connectivity index (χ0n) is 11.6. The summed E-state index contributed by atoms with van der Waals surface area (Å²) in [7, 11) is 0. The molecule has 0 unspecified atom stereocenters. The molecule has 0 spiro atoms. The second kappa shape index (κ2) is 6.15. The van der Waals surface area contributed by atoms with Crippen molar-refractivity contribution in [2.24, 2.45) is 0 Å². The molecule has 20 heavy (non-hydrogen) atoms. The first kappa shape index (κ1) is 14.0.